The first-order valence-electron chi connectivity index (χ1n) is 8.67. The Hall–Kier alpha value is -2.66. The Labute approximate surface area is 157 Å². The van der Waals surface area contributed by atoms with Gasteiger partial charge in [-0.3, -0.25) is 4.55 Å². The standard InChI is InChI=1S/C20H18N2O4S/c21-10-13-5-6-19-17(9-13)15-7-8-22-11-14(12-27(23,24)25)20(15)16-3-1-2-4-18(16)26-19/h1-6,9,14,22H,7-8,11-12H2,(H,23,24,25). The zero-order valence-electron chi connectivity index (χ0n) is 14.5. The molecule has 0 saturated carbocycles. The Bertz CT molecular complexity index is 1080. The molecule has 27 heavy (non-hydrogen) atoms. The molecule has 138 valence electrons. The van der Waals surface area contributed by atoms with Gasteiger partial charge >= 0.3 is 0 Å². The van der Waals surface area contributed by atoms with Crippen LogP contribution in [-0.2, 0) is 10.1 Å². The van der Waals surface area contributed by atoms with Gasteiger partial charge in [0.1, 0.15) is 11.5 Å². The van der Waals surface area contributed by atoms with Crippen LogP contribution in [0, 0.1) is 17.2 Å². The summed E-state index contributed by atoms with van der Waals surface area (Å²) >= 11 is 0. The van der Waals surface area contributed by atoms with Crippen molar-refractivity contribution in [2.75, 3.05) is 18.8 Å². The minimum absolute atomic E-state index is 0.375. The maximum absolute atomic E-state index is 11.7. The number of nitriles is 1. The number of rotatable bonds is 2. The van der Waals surface area contributed by atoms with E-state index in [9.17, 15) is 18.2 Å². The monoisotopic (exact) mass is 382 g/mol. The molecular formula is C20H18N2O4S. The Morgan fingerprint density at radius 3 is 2.74 bits per heavy atom. The number of hydrogen-bond donors (Lipinski definition) is 2. The Morgan fingerprint density at radius 2 is 1.96 bits per heavy atom. The van der Waals surface area contributed by atoms with E-state index in [1.807, 2.05) is 24.3 Å². The van der Waals surface area contributed by atoms with Gasteiger partial charge in [-0.15, -0.1) is 0 Å². The van der Waals surface area contributed by atoms with Crippen LogP contribution in [0.2, 0.25) is 0 Å². The van der Waals surface area contributed by atoms with Crippen LogP contribution in [-0.4, -0.2) is 31.8 Å². The number of para-hydroxylation sites is 1. The summed E-state index contributed by atoms with van der Waals surface area (Å²) in [5.41, 5.74) is 3.93. The van der Waals surface area contributed by atoms with Gasteiger partial charge in [0.05, 0.1) is 17.4 Å². The van der Waals surface area contributed by atoms with Gasteiger partial charge in [0.25, 0.3) is 10.1 Å². The summed E-state index contributed by atoms with van der Waals surface area (Å²) in [7, 11) is -4.16. The van der Waals surface area contributed by atoms with Crippen LogP contribution in [0.25, 0.3) is 11.1 Å². The highest BCUT2D eigenvalue weighted by Gasteiger charge is 2.32. The van der Waals surface area contributed by atoms with E-state index in [2.05, 4.69) is 11.4 Å². The molecule has 0 amide bonds. The molecule has 0 saturated heterocycles. The van der Waals surface area contributed by atoms with E-state index in [1.54, 1.807) is 18.2 Å². The molecule has 6 nitrogen and oxygen atoms in total. The number of nitrogens with one attached hydrogen (secondary N) is 1. The molecule has 0 aromatic heterocycles. The summed E-state index contributed by atoms with van der Waals surface area (Å²) in [4.78, 5) is 0. The van der Waals surface area contributed by atoms with Crippen LogP contribution in [0.15, 0.2) is 42.5 Å². The summed E-state index contributed by atoms with van der Waals surface area (Å²) in [6.45, 7) is 1.10. The zero-order valence-corrected chi connectivity index (χ0v) is 15.3. The van der Waals surface area contributed by atoms with Gasteiger partial charge in [-0.25, -0.2) is 0 Å². The maximum Gasteiger partial charge on any atom is 0.265 e. The second kappa shape index (κ2) is 6.82. The van der Waals surface area contributed by atoms with Crippen molar-refractivity contribution in [2.24, 2.45) is 5.92 Å². The van der Waals surface area contributed by atoms with E-state index in [0.717, 1.165) is 22.3 Å². The Morgan fingerprint density at radius 1 is 1.19 bits per heavy atom. The molecule has 7 heteroatoms. The lowest BCUT2D eigenvalue weighted by molar-refractivity contribution is 0.470. The number of nitrogens with zero attached hydrogens (tertiary/aromatic N) is 1. The molecule has 1 unspecified atom stereocenters. The molecule has 0 bridgehead atoms. The second-order valence-electron chi connectivity index (χ2n) is 6.71. The van der Waals surface area contributed by atoms with Crippen LogP contribution in [0.5, 0.6) is 11.5 Å². The summed E-state index contributed by atoms with van der Waals surface area (Å²) in [6, 6.07) is 14.9. The van der Waals surface area contributed by atoms with Crippen molar-refractivity contribution in [2.45, 2.75) is 6.42 Å². The lowest BCUT2D eigenvalue weighted by Crippen LogP contribution is -2.27. The molecule has 2 N–H and O–H groups in total. The fraction of sp³-hybridized carbons (Fsp3) is 0.250. The number of benzene rings is 2. The minimum atomic E-state index is -4.16. The molecule has 2 aromatic carbocycles. The average Bonchev–Trinajstić information content (AvgIpc) is 2.90. The van der Waals surface area contributed by atoms with Crippen LogP contribution in [0.3, 0.4) is 0 Å². The fourth-order valence-electron chi connectivity index (χ4n) is 3.85. The molecule has 2 aromatic rings. The van der Waals surface area contributed by atoms with E-state index in [-0.39, 0.29) is 5.75 Å². The van der Waals surface area contributed by atoms with Gasteiger partial charge < -0.3 is 10.1 Å². The highest BCUT2D eigenvalue weighted by Crippen LogP contribution is 2.47. The predicted octanol–water partition coefficient (Wildman–Crippen LogP) is 3.07. The SMILES string of the molecule is N#Cc1ccc2c(c1)C1=C(c3ccccc3O2)C(CS(=O)(=O)O)CNCC1. The topological polar surface area (TPSA) is 99.4 Å². The number of hydrogen-bond acceptors (Lipinski definition) is 5. The van der Waals surface area contributed by atoms with Gasteiger partial charge in [-0.05, 0) is 48.4 Å². The van der Waals surface area contributed by atoms with Crippen molar-refractivity contribution < 1.29 is 17.7 Å². The van der Waals surface area contributed by atoms with Gasteiger partial charge in [-0.1, -0.05) is 18.2 Å². The van der Waals surface area contributed by atoms with Crippen molar-refractivity contribution in [3.63, 3.8) is 0 Å². The first-order chi connectivity index (χ1) is 13.0. The number of fused-ring (bicyclic) bond motifs is 4. The van der Waals surface area contributed by atoms with Crippen LogP contribution in [0.4, 0.5) is 0 Å². The smallest absolute Gasteiger partial charge is 0.265 e. The largest absolute Gasteiger partial charge is 0.456 e. The molecule has 0 radical (unpaired) electrons. The van der Waals surface area contributed by atoms with E-state index in [1.165, 1.54) is 0 Å². The third-order valence-corrected chi connectivity index (χ3v) is 5.74. The van der Waals surface area contributed by atoms with Crippen LogP contribution in [0.1, 0.15) is 23.1 Å². The zero-order chi connectivity index (χ0) is 19.0. The van der Waals surface area contributed by atoms with E-state index in [0.29, 0.717) is 36.6 Å². The molecule has 1 atom stereocenters. The van der Waals surface area contributed by atoms with Crippen molar-refractivity contribution in [1.29, 1.82) is 5.26 Å². The van der Waals surface area contributed by atoms with E-state index >= 15 is 0 Å². The molecule has 2 aliphatic heterocycles. The average molecular weight is 382 g/mol. The maximum atomic E-state index is 11.7. The molecule has 0 aliphatic carbocycles. The first-order valence-corrected chi connectivity index (χ1v) is 10.3. The normalized spacial score (nSPS) is 18.9. The highest BCUT2D eigenvalue weighted by atomic mass is 32.2. The molecule has 2 heterocycles. The summed E-state index contributed by atoms with van der Waals surface area (Å²) in [5, 5.41) is 12.6. The lowest BCUT2D eigenvalue weighted by Gasteiger charge is -2.20. The van der Waals surface area contributed by atoms with Gasteiger partial charge in [-0.2, -0.15) is 13.7 Å². The number of ether oxygens (including phenoxy) is 1. The van der Waals surface area contributed by atoms with Crippen LogP contribution < -0.4 is 10.1 Å². The summed E-state index contributed by atoms with van der Waals surface area (Å²) < 4.78 is 38.9. The van der Waals surface area contributed by atoms with E-state index < -0.39 is 16.0 Å². The van der Waals surface area contributed by atoms with Crippen molar-refractivity contribution >= 4 is 21.3 Å². The molecule has 2 aliphatic rings. The molecule has 4 rings (SSSR count). The second-order valence-corrected chi connectivity index (χ2v) is 8.21. The van der Waals surface area contributed by atoms with Crippen molar-refractivity contribution in [1.82, 2.24) is 5.32 Å². The van der Waals surface area contributed by atoms with Gasteiger partial charge in [0.2, 0.25) is 0 Å². The third-order valence-electron chi connectivity index (χ3n) is 4.92. The highest BCUT2D eigenvalue weighted by molar-refractivity contribution is 7.85. The minimum Gasteiger partial charge on any atom is -0.456 e. The van der Waals surface area contributed by atoms with Crippen molar-refractivity contribution in [3.05, 3.63) is 59.2 Å². The quantitative estimate of drug-likeness (QED) is 0.775. The molecule has 0 fully saturated rings. The fourth-order valence-corrected chi connectivity index (χ4v) is 4.65. The Kier molecular flexibility index (Phi) is 4.48. The summed E-state index contributed by atoms with van der Waals surface area (Å²) in [5.74, 6) is 0.467. The third kappa shape index (κ3) is 3.47. The first kappa shape index (κ1) is 17.7. The van der Waals surface area contributed by atoms with E-state index in [4.69, 9.17) is 4.74 Å². The summed E-state index contributed by atoms with van der Waals surface area (Å²) in [6.07, 6.45) is 0.664. The predicted molar refractivity (Wildman–Crippen MR) is 102 cm³/mol. The van der Waals surface area contributed by atoms with Gasteiger partial charge in [0, 0.05) is 23.6 Å². The van der Waals surface area contributed by atoms with Gasteiger partial charge in [0.15, 0.2) is 0 Å². The van der Waals surface area contributed by atoms with Crippen molar-refractivity contribution in [3.8, 4) is 17.6 Å². The van der Waals surface area contributed by atoms with Crippen LogP contribution >= 0.6 is 0 Å². The Balaban J connectivity index is 2.02. The molecule has 0 spiro atoms. The molecular weight excluding hydrogens is 364 g/mol. The lowest BCUT2D eigenvalue weighted by atomic mass is 9.85.